The number of rotatable bonds is 21. The zero-order chi connectivity index (χ0) is 107. The van der Waals surface area contributed by atoms with Gasteiger partial charge in [-0.15, -0.1) is 0 Å². The molecule has 18 aromatic rings. The van der Waals surface area contributed by atoms with Gasteiger partial charge in [-0.1, -0.05) is 448 Å². The molecule has 0 bridgehead atoms. The molecular formula is C129H127F5O9P6. The quantitative estimate of drug-likeness (QED) is 0.0299. The Morgan fingerprint density at radius 1 is 0.168 bits per heavy atom. The van der Waals surface area contributed by atoms with E-state index in [1.165, 1.54) is 81.9 Å². The molecule has 20 heteroatoms. The summed E-state index contributed by atoms with van der Waals surface area (Å²) in [5.74, 6) is -8.47. The fourth-order valence-corrected chi connectivity index (χ4v) is 33.5. The van der Waals surface area contributed by atoms with Crippen LogP contribution in [0, 0.1) is 70.6 Å². The van der Waals surface area contributed by atoms with E-state index in [4.69, 9.17) is 14.2 Å². The first-order valence-electron chi connectivity index (χ1n) is 49.1. The van der Waals surface area contributed by atoms with Crippen LogP contribution in [0.4, 0.5) is 22.0 Å². The highest BCUT2D eigenvalue weighted by molar-refractivity contribution is 7.87. The Morgan fingerprint density at radius 3 is 0.503 bits per heavy atom. The largest absolute Gasteiger partial charge is 0.497 e. The van der Waals surface area contributed by atoms with Gasteiger partial charge in [0.1, 0.15) is 17.2 Å². The average Bonchev–Trinajstić information content (AvgIpc) is 0.726. The predicted molar refractivity (Wildman–Crippen MR) is 619 cm³/mol. The first kappa shape index (κ1) is 113. The second kappa shape index (κ2) is 48.8. The molecule has 0 atom stereocenters. The van der Waals surface area contributed by atoms with Gasteiger partial charge >= 0.3 is 0 Å². The Kier molecular flexibility index (Phi) is 36.9. The van der Waals surface area contributed by atoms with Crippen LogP contribution in [0.1, 0.15) is 112 Å². The molecule has 0 aromatic heterocycles. The van der Waals surface area contributed by atoms with Crippen LogP contribution >= 0.6 is 42.9 Å². The van der Waals surface area contributed by atoms with Crippen molar-refractivity contribution < 1.29 is 63.6 Å². The molecule has 0 spiro atoms. The Hall–Kier alpha value is -13.6. The normalized spacial score (nSPS) is 11.8. The summed E-state index contributed by atoms with van der Waals surface area (Å²) in [5.41, 5.74) is 10.8. The predicted octanol–water partition coefficient (Wildman–Crippen LogP) is 26.4. The Balaban J connectivity index is 0.000000150. The fraction of sp³-hybridized carbons (Fsp3) is 0.163. The zero-order valence-electron chi connectivity index (χ0n) is 87.4. The maximum absolute atomic E-state index is 14.9. The van der Waals surface area contributed by atoms with E-state index in [9.17, 15) is 49.3 Å². The van der Waals surface area contributed by atoms with Gasteiger partial charge in [-0.2, -0.15) is 0 Å². The summed E-state index contributed by atoms with van der Waals surface area (Å²) in [4.78, 5) is 0. The minimum Gasteiger partial charge on any atom is -0.497 e. The molecule has 0 radical (unpaired) electrons. The third kappa shape index (κ3) is 25.8. The summed E-state index contributed by atoms with van der Waals surface area (Å²) >= 11 is 0. The third-order valence-corrected chi connectivity index (χ3v) is 44.4. The molecule has 0 heterocycles. The summed E-state index contributed by atoms with van der Waals surface area (Å²) in [6.07, 6.45) is 0. The van der Waals surface area contributed by atoms with Crippen LogP contribution in [-0.4, -0.2) is 21.3 Å². The van der Waals surface area contributed by atoms with Gasteiger partial charge in [0, 0.05) is 90.2 Å². The maximum atomic E-state index is 14.9. The SMILES string of the molecule is CC(C)(C)c1ccc(P(=O)(c2ccc(C(C)(C)C)cc2)c2ccc(C(C)(C)C)cc2)cc1.COc1ccc(P(=O)(c2ccccc2)c2ccc(OC)cc2)cc1.COc1ccc(P(=O)(c2ccccc2)c2ccccc2)cc1.Cc1ccc(P(=O)(c2ccc(C)cc2)c2ccc(C)cc2)cc1.Cc1cccc(P(=O)(c2cccc(C)c2)c2cccc(C)c2)c1.O=P(c1ccccc1)(c1ccccc1)c1c(F)c(F)c(F)c(F)c1F. The van der Waals surface area contributed by atoms with Crippen molar-refractivity contribution in [1.82, 2.24) is 0 Å². The maximum Gasteiger partial charge on any atom is 0.200 e. The smallest absolute Gasteiger partial charge is 0.200 e. The number of aryl methyl sites for hydroxylation is 6. The molecule has 0 saturated heterocycles. The van der Waals surface area contributed by atoms with Gasteiger partial charge in [0.2, 0.25) is 5.82 Å². The number of methoxy groups -OCH3 is 3. The summed E-state index contributed by atoms with van der Waals surface area (Å²) in [7, 11) is -14.0. The lowest BCUT2D eigenvalue weighted by molar-refractivity contribution is 0.384. The molecule has 9 nitrogen and oxygen atoms in total. The molecule has 0 fully saturated rings. The second-order valence-electron chi connectivity index (χ2n) is 39.8. The van der Waals surface area contributed by atoms with Crippen LogP contribution in [0.3, 0.4) is 0 Å². The molecule has 149 heavy (non-hydrogen) atoms. The van der Waals surface area contributed by atoms with E-state index in [1.54, 1.807) is 33.5 Å². The highest BCUT2D eigenvalue weighted by Crippen LogP contribution is 2.50. The van der Waals surface area contributed by atoms with E-state index < -0.39 is 77.2 Å². The summed E-state index contributed by atoms with van der Waals surface area (Å²) < 4.78 is 170. The van der Waals surface area contributed by atoms with Gasteiger partial charge in [0.25, 0.3) is 0 Å². The van der Waals surface area contributed by atoms with Crippen LogP contribution < -0.4 is 110 Å². The Morgan fingerprint density at radius 2 is 0.322 bits per heavy atom. The molecule has 0 aliphatic carbocycles. The number of ether oxygens (including phenoxy) is 3. The van der Waals surface area contributed by atoms with Crippen molar-refractivity contribution in [2.45, 2.75) is 120 Å². The van der Waals surface area contributed by atoms with Crippen LogP contribution in [0.15, 0.2) is 443 Å². The number of halogens is 5. The Labute approximate surface area is 876 Å². The van der Waals surface area contributed by atoms with Crippen LogP contribution in [0.2, 0.25) is 0 Å². The summed E-state index contributed by atoms with van der Waals surface area (Å²) in [6, 6.07) is 139. The molecule has 18 aromatic carbocycles. The molecule has 0 aliphatic rings. The van der Waals surface area contributed by atoms with Crippen molar-refractivity contribution in [2.75, 3.05) is 21.3 Å². The van der Waals surface area contributed by atoms with E-state index in [0.29, 0.717) is 0 Å². The lowest BCUT2D eigenvalue weighted by atomic mass is 9.87. The molecule has 762 valence electrons. The van der Waals surface area contributed by atoms with Crippen LogP contribution in [0.25, 0.3) is 0 Å². The zero-order valence-corrected chi connectivity index (χ0v) is 92.8. The monoisotopic (exact) mass is 2100 g/mol. The van der Waals surface area contributed by atoms with Gasteiger partial charge in [0.05, 0.1) is 26.6 Å². The second-order valence-corrected chi connectivity index (χ2v) is 56.3. The number of benzene rings is 18. The van der Waals surface area contributed by atoms with Crippen molar-refractivity contribution in [3.05, 3.63) is 522 Å². The van der Waals surface area contributed by atoms with Gasteiger partial charge in [-0.3, -0.25) is 0 Å². The number of hydrogen-bond acceptors (Lipinski definition) is 9. The summed E-state index contributed by atoms with van der Waals surface area (Å²) in [5, 5.41) is 11.5. The fourth-order valence-electron chi connectivity index (χ4n) is 17.3. The molecule has 0 aliphatic heterocycles. The van der Waals surface area contributed by atoms with E-state index in [2.05, 4.69) is 135 Å². The van der Waals surface area contributed by atoms with Gasteiger partial charge in [0.15, 0.2) is 66.1 Å². The van der Waals surface area contributed by atoms with Gasteiger partial charge in [-0.25, -0.2) is 22.0 Å². The third-order valence-electron chi connectivity index (χ3n) is 26.0. The van der Waals surface area contributed by atoms with Crippen molar-refractivity contribution >= 4 is 138 Å². The van der Waals surface area contributed by atoms with Crippen molar-refractivity contribution in [1.29, 1.82) is 0 Å². The van der Waals surface area contributed by atoms with E-state index >= 15 is 0 Å². The highest BCUT2D eigenvalue weighted by atomic mass is 31.2. The lowest BCUT2D eigenvalue weighted by Crippen LogP contribution is -2.31. The molecular weight excluding hydrogens is 1970 g/mol. The van der Waals surface area contributed by atoms with Gasteiger partial charge < -0.3 is 41.6 Å². The van der Waals surface area contributed by atoms with Crippen molar-refractivity contribution in [3.8, 4) is 17.2 Å². The number of hydrogen-bond donors (Lipinski definition) is 0. The molecule has 18 rings (SSSR count). The first-order valence-corrected chi connectivity index (χ1v) is 59.3. The topological polar surface area (TPSA) is 130 Å². The first-order chi connectivity index (χ1) is 70.9. The average molecular weight is 2100 g/mol. The van der Waals surface area contributed by atoms with Crippen LogP contribution in [-0.2, 0) is 43.6 Å². The van der Waals surface area contributed by atoms with E-state index in [1.807, 2.05) is 351 Å². The summed E-state index contributed by atoms with van der Waals surface area (Å²) in [6.45, 7) is 32.1. The minimum atomic E-state index is -4.32. The highest BCUT2D eigenvalue weighted by Gasteiger charge is 2.42. The standard InChI is InChI=1S/C30H39OP.2C21H21OP.C20H19O3P.C19H17O2P.C18H10F5OP/c1-28(2,3)22-10-16-25(17-11-22)32(31,26-18-12-23(13-19-26)29(4,5)6)27-20-14-24(15-21-27)30(7,8)9;1-16-4-10-19(11-5-16)23(22,20-12-6-17(2)7-13-20)21-14-8-18(3)9-15-21;1-16-7-4-10-19(13-16)23(22,20-11-5-8-17(2)14-20)21-12-6-9-18(3)15-21;1-22-16-8-12-19(13-9-16)24(21,18-6-4-3-5-7-18)20-14-10-17(23-2)11-15-20;1-21-16-12-14-19(15-13-16)22(20,17-8-4-2-5-9-17)18-10-6-3-7-11-18;19-13-14(20)16(22)18(17(23)15(13)21)25(24,11-7-3-1-4-8-11)12-9-5-2-6-10-12/h10-21H,1-9H3;2*4-15H,1-3H3;3-15H,1-2H3;2-15H,1H3;1-10H. The molecule has 0 amide bonds. The molecule has 0 saturated carbocycles. The van der Waals surface area contributed by atoms with Crippen LogP contribution in [0.5, 0.6) is 17.2 Å². The Bertz CT molecular complexity index is 7320. The van der Waals surface area contributed by atoms with Crippen molar-refractivity contribution in [2.24, 2.45) is 0 Å². The lowest BCUT2D eigenvalue weighted by Gasteiger charge is -2.25. The van der Waals surface area contributed by atoms with Crippen molar-refractivity contribution in [3.63, 3.8) is 0 Å². The van der Waals surface area contributed by atoms with E-state index in [0.717, 1.165) is 114 Å². The van der Waals surface area contributed by atoms with E-state index in [-0.39, 0.29) is 26.9 Å². The van der Waals surface area contributed by atoms with Gasteiger partial charge in [-0.05, 0) is 165 Å². The molecule has 0 N–H and O–H groups in total. The minimum absolute atomic E-state index is 0.0376. The molecule has 0 unspecified atom stereocenters.